The zero-order valence-electron chi connectivity index (χ0n) is 19.5. The summed E-state index contributed by atoms with van der Waals surface area (Å²) in [7, 11) is 2.18. The van der Waals surface area contributed by atoms with E-state index in [-0.39, 0.29) is 5.41 Å². The SMILES string of the molecule is Cc1ccc(NC(=O)Oc2ccc3c(c2)C2(C)CCN(CCc4ccccc4)C2N3C)cc1. The molecule has 1 fully saturated rings. The van der Waals surface area contributed by atoms with Crippen LogP contribution in [0.4, 0.5) is 16.2 Å². The average molecular weight is 442 g/mol. The maximum atomic E-state index is 12.5. The molecule has 2 aliphatic heterocycles. The van der Waals surface area contributed by atoms with Gasteiger partial charge in [0.2, 0.25) is 0 Å². The molecule has 3 aromatic carbocycles. The van der Waals surface area contributed by atoms with E-state index in [9.17, 15) is 4.79 Å². The highest BCUT2D eigenvalue weighted by molar-refractivity contribution is 5.86. The molecule has 2 aliphatic rings. The number of ether oxygens (including phenoxy) is 1. The Morgan fingerprint density at radius 3 is 2.61 bits per heavy atom. The summed E-state index contributed by atoms with van der Waals surface area (Å²) >= 11 is 0. The zero-order chi connectivity index (χ0) is 23.0. The minimum absolute atomic E-state index is 0.00751. The topological polar surface area (TPSA) is 44.8 Å². The number of benzene rings is 3. The van der Waals surface area contributed by atoms with Crippen LogP contribution in [0.1, 0.15) is 30.0 Å². The lowest BCUT2D eigenvalue weighted by Gasteiger charge is -2.34. The van der Waals surface area contributed by atoms with Crippen molar-refractivity contribution in [2.24, 2.45) is 0 Å². The summed E-state index contributed by atoms with van der Waals surface area (Å²) in [5.41, 5.74) is 5.74. The first-order valence-corrected chi connectivity index (χ1v) is 11.6. The van der Waals surface area contributed by atoms with E-state index >= 15 is 0 Å². The molecule has 33 heavy (non-hydrogen) atoms. The summed E-state index contributed by atoms with van der Waals surface area (Å²) in [5.74, 6) is 0.580. The van der Waals surface area contributed by atoms with E-state index in [0.717, 1.165) is 37.2 Å². The zero-order valence-corrected chi connectivity index (χ0v) is 19.5. The Morgan fingerprint density at radius 2 is 1.85 bits per heavy atom. The standard InChI is InChI=1S/C28H31N3O2/c1-20-9-11-22(12-10-20)29-27(32)33-23-13-14-25-24(19-23)28(2)16-18-31(26(28)30(25)3)17-15-21-7-5-4-6-8-21/h4-14,19,26H,15-18H2,1-3H3,(H,29,32). The second-order valence-electron chi connectivity index (χ2n) is 9.48. The number of carbonyl (C=O) groups is 1. The number of nitrogens with zero attached hydrogens (tertiary/aromatic N) is 2. The fourth-order valence-corrected chi connectivity index (χ4v) is 5.49. The molecule has 0 bridgehead atoms. The van der Waals surface area contributed by atoms with Gasteiger partial charge in [-0.2, -0.15) is 0 Å². The van der Waals surface area contributed by atoms with E-state index in [1.54, 1.807) is 0 Å². The second-order valence-corrected chi connectivity index (χ2v) is 9.48. The van der Waals surface area contributed by atoms with E-state index in [0.29, 0.717) is 11.9 Å². The quantitative estimate of drug-likeness (QED) is 0.561. The molecule has 1 saturated heterocycles. The van der Waals surface area contributed by atoms with Crippen LogP contribution in [0.5, 0.6) is 5.75 Å². The van der Waals surface area contributed by atoms with E-state index in [1.165, 1.54) is 16.8 Å². The van der Waals surface area contributed by atoms with Gasteiger partial charge in [0.05, 0.1) is 6.17 Å². The number of rotatable bonds is 5. The van der Waals surface area contributed by atoms with Crippen LogP contribution in [0.15, 0.2) is 72.8 Å². The molecule has 2 heterocycles. The normalized spacial score (nSPS) is 21.5. The lowest BCUT2D eigenvalue weighted by Crippen LogP contribution is -2.47. The van der Waals surface area contributed by atoms with E-state index in [1.807, 2.05) is 37.3 Å². The molecule has 3 aromatic rings. The maximum Gasteiger partial charge on any atom is 0.417 e. The number of aryl methyl sites for hydroxylation is 1. The van der Waals surface area contributed by atoms with E-state index < -0.39 is 6.09 Å². The first-order valence-electron chi connectivity index (χ1n) is 11.6. The number of anilines is 2. The van der Waals surface area contributed by atoms with Crippen molar-refractivity contribution in [3.05, 3.63) is 89.5 Å². The molecular weight excluding hydrogens is 410 g/mol. The van der Waals surface area contributed by atoms with Crippen LogP contribution < -0.4 is 15.0 Å². The van der Waals surface area contributed by atoms with Crippen LogP contribution in [0.25, 0.3) is 0 Å². The van der Waals surface area contributed by atoms with Gasteiger partial charge in [-0.1, -0.05) is 55.0 Å². The molecule has 2 unspecified atom stereocenters. The number of likely N-dealkylation sites (N-methyl/N-ethyl adjacent to an activating group) is 1. The third kappa shape index (κ3) is 4.09. The summed E-state index contributed by atoms with van der Waals surface area (Å²) < 4.78 is 5.65. The molecule has 0 aromatic heterocycles. The van der Waals surface area contributed by atoms with Crippen LogP contribution in [-0.2, 0) is 11.8 Å². The van der Waals surface area contributed by atoms with Crippen molar-refractivity contribution in [2.45, 2.75) is 38.3 Å². The highest BCUT2D eigenvalue weighted by atomic mass is 16.6. The Labute approximate surface area is 196 Å². The van der Waals surface area contributed by atoms with Gasteiger partial charge in [0.25, 0.3) is 0 Å². The van der Waals surface area contributed by atoms with Gasteiger partial charge in [0, 0.05) is 36.9 Å². The maximum absolute atomic E-state index is 12.5. The van der Waals surface area contributed by atoms with E-state index in [2.05, 4.69) is 71.6 Å². The Hall–Kier alpha value is -3.31. The van der Waals surface area contributed by atoms with Gasteiger partial charge in [-0.05, 0) is 61.2 Å². The Morgan fingerprint density at radius 1 is 1.09 bits per heavy atom. The Balaban J connectivity index is 1.30. The van der Waals surface area contributed by atoms with Crippen molar-refractivity contribution in [3.63, 3.8) is 0 Å². The molecule has 5 nitrogen and oxygen atoms in total. The summed E-state index contributed by atoms with van der Waals surface area (Å²) in [6.07, 6.45) is 1.98. The summed E-state index contributed by atoms with van der Waals surface area (Å²) in [6.45, 7) is 6.46. The van der Waals surface area contributed by atoms with Gasteiger partial charge >= 0.3 is 6.09 Å². The molecular formula is C28H31N3O2. The summed E-state index contributed by atoms with van der Waals surface area (Å²) in [6, 6.07) is 24.4. The van der Waals surface area contributed by atoms with E-state index in [4.69, 9.17) is 4.74 Å². The van der Waals surface area contributed by atoms with Crippen molar-refractivity contribution < 1.29 is 9.53 Å². The largest absolute Gasteiger partial charge is 0.417 e. The molecule has 0 radical (unpaired) electrons. The molecule has 5 heteroatoms. The Bertz CT molecular complexity index is 1150. The molecule has 1 amide bonds. The number of fused-ring (bicyclic) bond motifs is 3. The Kier molecular flexibility index (Phi) is 5.59. The van der Waals surface area contributed by atoms with Crippen LogP contribution in [-0.4, -0.2) is 37.3 Å². The van der Waals surface area contributed by atoms with Gasteiger partial charge in [0.1, 0.15) is 5.75 Å². The number of hydrogen-bond acceptors (Lipinski definition) is 4. The number of likely N-dealkylation sites (tertiary alicyclic amines) is 1. The monoisotopic (exact) mass is 441 g/mol. The molecule has 1 N–H and O–H groups in total. The number of hydrogen-bond donors (Lipinski definition) is 1. The molecule has 0 spiro atoms. The first-order chi connectivity index (χ1) is 15.9. The highest BCUT2D eigenvalue weighted by Gasteiger charge is 2.53. The second kappa shape index (κ2) is 8.56. The molecule has 5 rings (SSSR count). The van der Waals surface area contributed by atoms with Crippen LogP contribution in [0.3, 0.4) is 0 Å². The summed E-state index contributed by atoms with van der Waals surface area (Å²) in [5, 5.41) is 2.81. The number of amides is 1. The average Bonchev–Trinajstić information content (AvgIpc) is 3.26. The molecule has 170 valence electrons. The van der Waals surface area contributed by atoms with Gasteiger partial charge < -0.3 is 9.64 Å². The number of nitrogens with one attached hydrogen (secondary N) is 1. The smallest absolute Gasteiger partial charge is 0.410 e. The third-order valence-electron chi connectivity index (χ3n) is 7.20. The predicted octanol–water partition coefficient (Wildman–Crippen LogP) is 5.59. The van der Waals surface area contributed by atoms with Gasteiger partial charge in [-0.25, -0.2) is 4.79 Å². The minimum Gasteiger partial charge on any atom is -0.410 e. The fourth-order valence-electron chi connectivity index (χ4n) is 5.49. The van der Waals surface area contributed by atoms with Crippen molar-refractivity contribution in [1.29, 1.82) is 0 Å². The lowest BCUT2D eigenvalue weighted by molar-refractivity contribution is 0.215. The first kappa shape index (κ1) is 21.5. The molecule has 2 atom stereocenters. The van der Waals surface area contributed by atoms with Crippen molar-refractivity contribution >= 4 is 17.5 Å². The van der Waals surface area contributed by atoms with Crippen molar-refractivity contribution in [3.8, 4) is 5.75 Å². The predicted molar refractivity (Wildman–Crippen MR) is 133 cm³/mol. The molecule has 0 aliphatic carbocycles. The van der Waals surface area contributed by atoms with Gasteiger partial charge in [-0.3, -0.25) is 10.2 Å². The van der Waals surface area contributed by atoms with Crippen LogP contribution >= 0.6 is 0 Å². The number of carbonyl (C=O) groups excluding carboxylic acids is 1. The van der Waals surface area contributed by atoms with Crippen molar-refractivity contribution in [2.75, 3.05) is 30.4 Å². The van der Waals surface area contributed by atoms with Crippen LogP contribution in [0, 0.1) is 6.92 Å². The van der Waals surface area contributed by atoms with Gasteiger partial charge in [0.15, 0.2) is 0 Å². The van der Waals surface area contributed by atoms with Crippen LogP contribution in [0.2, 0.25) is 0 Å². The molecule has 0 saturated carbocycles. The third-order valence-corrected chi connectivity index (χ3v) is 7.20. The highest BCUT2D eigenvalue weighted by Crippen LogP contribution is 2.52. The fraction of sp³-hybridized carbons (Fsp3) is 0.321. The van der Waals surface area contributed by atoms with Crippen molar-refractivity contribution in [1.82, 2.24) is 4.90 Å². The van der Waals surface area contributed by atoms with Gasteiger partial charge in [-0.15, -0.1) is 0 Å². The minimum atomic E-state index is -0.470. The lowest BCUT2D eigenvalue weighted by atomic mass is 9.81. The summed E-state index contributed by atoms with van der Waals surface area (Å²) in [4.78, 5) is 17.4.